The van der Waals surface area contributed by atoms with E-state index in [0.29, 0.717) is 6.04 Å². The van der Waals surface area contributed by atoms with Crippen LogP contribution in [0, 0.1) is 0 Å². The van der Waals surface area contributed by atoms with E-state index in [4.69, 9.17) is 4.74 Å². The fourth-order valence-corrected chi connectivity index (χ4v) is 2.57. The lowest BCUT2D eigenvalue weighted by atomic mass is 9.86. The van der Waals surface area contributed by atoms with Crippen molar-refractivity contribution in [3.8, 4) is 5.75 Å². The highest BCUT2D eigenvalue weighted by Gasteiger charge is 2.32. The van der Waals surface area contributed by atoms with Crippen molar-refractivity contribution in [1.29, 1.82) is 0 Å². The first-order chi connectivity index (χ1) is 8.46. The van der Waals surface area contributed by atoms with Crippen molar-refractivity contribution in [2.45, 2.75) is 31.8 Å². The van der Waals surface area contributed by atoms with Crippen LogP contribution >= 0.6 is 0 Å². The molecule has 100 valence electrons. The Balaban J connectivity index is 2.33. The van der Waals surface area contributed by atoms with Crippen molar-refractivity contribution in [1.82, 2.24) is 10.2 Å². The minimum atomic E-state index is 0.0580. The van der Waals surface area contributed by atoms with Gasteiger partial charge >= 0.3 is 0 Å². The maximum absolute atomic E-state index is 5.57. The van der Waals surface area contributed by atoms with E-state index in [-0.39, 0.29) is 5.54 Å². The molecule has 0 bridgehead atoms. The minimum Gasteiger partial charge on any atom is -0.493 e. The Morgan fingerprint density at radius 1 is 1.33 bits per heavy atom. The second kappa shape index (κ2) is 4.90. The van der Waals surface area contributed by atoms with Crippen LogP contribution in [0.1, 0.15) is 31.0 Å². The summed E-state index contributed by atoms with van der Waals surface area (Å²) < 4.78 is 5.57. The first-order valence-electron chi connectivity index (χ1n) is 6.57. The van der Waals surface area contributed by atoms with E-state index >= 15 is 0 Å². The number of ether oxygens (including phenoxy) is 1. The molecule has 1 N–H and O–H groups in total. The van der Waals surface area contributed by atoms with E-state index in [0.717, 1.165) is 18.8 Å². The molecule has 1 atom stereocenters. The van der Waals surface area contributed by atoms with Gasteiger partial charge in [0.2, 0.25) is 0 Å². The van der Waals surface area contributed by atoms with Gasteiger partial charge in [0.25, 0.3) is 0 Å². The topological polar surface area (TPSA) is 24.5 Å². The highest BCUT2D eigenvalue weighted by atomic mass is 16.5. The van der Waals surface area contributed by atoms with Crippen molar-refractivity contribution in [3.05, 3.63) is 29.3 Å². The number of hydrogen-bond acceptors (Lipinski definition) is 3. The maximum Gasteiger partial charge on any atom is 0.122 e. The molecule has 1 aliphatic rings. The van der Waals surface area contributed by atoms with Crippen LogP contribution in [-0.4, -0.2) is 38.2 Å². The molecule has 0 aliphatic carbocycles. The number of nitrogens with zero attached hydrogens (tertiary/aromatic N) is 1. The first-order valence-corrected chi connectivity index (χ1v) is 6.57. The van der Waals surface area contributed by atoms with Gasteiger partial charge in [-0.3, -0.25) is 0 Å². The van der Waals surface area contributed by atoms with Gasteiger partial charge in [-0.2, -0.15) is 0 Å². The molecule has 0 amide bonds. The fraction of sp³-hybridized carbons (Fsp3) is 0.600. The minimum absolute atomic E-state index is 0.0580. The van der Waals surface area contributed by atoms with Gasteiger partial charge in [-0.25, -0.2) is 0 Å². The molecule has 0 aromatic heterocycles. The summed E-state index contributed by atoms with van der Waals surface area (Å²) in [6.45, 7) is 5.34. The number of rotatable bonds is 4. The van der Waals surface area contributed by atoms with Crippen molar-refractivity contribution >= 4 is 0 Å². The summed E-state index contributed by atoms with van der Waals surface area (Å²) in [6, 6.07) is 6.87. The van der Waals surface area contributed by atoms with Gasteiger partial charge in [0.1, 0.15) is 5.75 Å². The van der Waals surface area contributed by atoms with Gasteiger partial charge in [-0.1, -0.05) is 12.1 Å². The molecule has 0 saturated heterocycles. The Labute approximate surface area is 110 Å². The van der Waals surface area contributed by atoms with E-state index in [1.165, 1.54) is 11.1 Å². The summed E-state index contributed by atoms with van der Waals surface area (Å²) in [5, 5.41) is 3.45. The predicted molar refractivity (Wildman–Crippen MR) is 75.2 cm³/mol. The SMILES string of the molecule is CNC(c1ccc2c(c1)CCO2)C(C)(C)N(C)C. The molecule has 3 nitrogen and oxygen atoms in total. The van der Waals surface area contributed by atoms with Crippen molar-refractivity contribution in [2.75, 3.05) is 27.7 Å². The van der Waals surface area contributed by atoms with Crippen molar-refractivity contribution in [2.24, 2.45) is 0 Å². The Hall–Kier alpha value is -1.06. The summed E-state index contributed by atoms with van der Waals surface area (Å²) in [5.74, 6) is 1.05. The van der Waals surface area contributed by atoms with Crippen LogP contribution in [0.2, 0.25) is 0 Å². The van der Waals surface area contributed by atoms with Crippen LogP contribution in [0.25, 0.3) is 0 Å². The van der Waals surface area contributed by atoms with Gasteiger partial charge < -0.3 is 15.0 Å². The Kier molecular flexibility index (Phi) is 3.64. The fourth-order valence-electron chi connectivity index (χ4n) is 2.57. The normalized spacial score (nSPS) is 16.6. The molecular weight excluding hydrogens is 224 g/mol. The zero-order chi connectivity index (χ0) is 13.3. The van der Waals surface area contributed by atoms with Gasteiger partial charge in [0, 0.05) is 18.0 Å². The number of hydrogen-bond donors (Lipinski definition) is 1. The summed E-state index contributed by atoms with van der Waals surface area (Å²) >= 11 is 0. The third kappa shape index (κ3) is 2.25. The van der Waals surface area contributed by atoms with Gasteiger partial charge in [0.15, 0.2) is 0 Å². The monoisotopic (exact) mass is 248 g/mol. The van der Waals surface area contributed by atoms with Crippen LogP contribution in [-0.2, 0) is 6.42 Å². The van der Waals surface area contributed by atoms with Crippen LogP contribution < -0.4 is 10.1 Å². The van der Waals surface area contributed by atoms with E-state index in [1.807, 2.05) is 7.05 Å². The molecular formula is C15H24N2O. The zero-order valence-electron chi connectivity index (χ0n) is 12.1. The first kappa shape index (κ1) is 13.4. The highest BCUT2D eigenvalue weighted by Crippen LogP contribution is 2.33. The molecule has 18 heavy (non-hydrogen) atoms. The third-order valence-electron chi connectivity index (χ3n) is 4.19. The summed E-state index contributed by atoms with van der Waals surface area (Å²) in [4.78, 5) is 2.26. The number of fused-ring (bicyclic) bond motifs is 1. The summed E-state index contributed by atoms with van der Waals surface area (Å²) in [7, 11) is 6.28. The highest BCUT2D eigenvalue weighted by molar-refractivity contribution is 5.41. The molecule has 1 aromatic rings. The quantitative estimate of drug-likeness (QED) is 0.884. The van der Waals surface area contributed by atoms with E-state index in [9.17, 15) is 0 Å². The standard InChI is InChI=1S/C15H24N2O/c1-15(2,17(4)5)14(16-3)12-6-7-13-11(10-12)8-9-18-13/h6-7,10,14,16H,8-9H2,1-5H3. The molecule has 3 heteroatoms. The molecule has 1 unspecified atom stereocenters. The number of benzene rings is 1. The van der Waals surface area contributed by atoms with Gasteiger partial charge in [-0.15, -0.1) is 0 Å². The van der Waals surface area contributed by atoms with Crippen molar-refractivity contribution < 1.29 is 4.74 Å². The Morgan fingerprint density at radius 2 is 2.06 bits per heavy atom. The molecule has 0 radical (unpaired) electrons. The number of nitrogens with one attached hydrogen (secondary N) is 1. The van der Waals surface area contributed by atoms with Crippen LogP contribution in [0.15, 0.2) is 18.2 Å². The van der Waals surface area contributed by atoms with E-state index in [2.05, 4.69) is 56.4 Å². The Bertz CT molecular complexity index is 427. The number of likely N-dealkylation sites (N-methyl/N-ethyl adjacent to an activating group) is 2. The second-order valence-corrected chi connectivity index (χ2v) is 5.74. The molecule has 1 aromatic carbocycles. The third-order valence-corrected chi connectivity index (χ3v) is 4.19. The average Bonchev–Trinajstić information content (AvgIpc) is 2.76. The summed E-state index contributed by atoms with van der Waals surface area (Å²) in [5.41, 5.74) is 2.73. The lowest BCUT2D eigenvalue weighted by Crippen LogP contribution is -2.48. The smallest absolute Gasteiger partial charge is 0.122 e. The molecule has 0 fully saturated rings. The zero-order valence-corrected chi connectivity index (χ0v) is 12.1. The lowest BCUT2D eigenvalue weighted by Gasteiger charge is -2.40. The van der Waals surface area contributed by atoms with Gasteiger partial charge in [0.05, 0.1) is 6.61 Å². The van der Waals surface area contributed by atoms with Crippen molar-refractivity contribution in [3.63, 3.8) is 0 Å². The Morgan fingerprint density at radius 3 is 2.67 bits per heavy atom. The van der Waals surface area contributed by atoms with Gasteiger partial charge in [-0.05, 0) is 52.2 Å². The molecule has 0 saturated carbocycles. The van der Waals surface area contributed by atoms with Crippen LogP contribution in [0.4, 0.5) is 0 Å². The molecule has 2 rings (SSSR count). The van der Waals surface area contributed by atoms with E-state index in [1.54, 1.807) is 0 Å². The summed E-state index contributed by atoms with van der Waals surface area (Å²) in [6.07, 6.45) is 1.03. The molecule has 1 aliphatic heterocycles. The lowest BCUT2D eigenvalue weighted by molar-refractivity contribution is 0.142. The maximum atomic E-state index is 5.57. The second-order valence-electron chi connectivity index (χ2n) is 5.74. The molecule has 0 spiro atoms. The van der Waals surface area contributed by atoms with E-state index < -0.39 is 0 Å². The average molecular weight is 248 g/mol. The molecule has 1 heterocycles. The largest absolute Gasteiger partial charge is 0.493 e. The van der Waals surface area contributed by atoms with Crippen LogP contribution in [0.5, 0.6) is 5.75 Å². The predicted octanol–water partition coefficient (Wildman–Crippen LogP) is 2.22. The van der Waals surface area contributed by atoms with Crippen LogP contribution in [0.3, 0.4) is 0 Å².